The molecule has 0 aromatic heterocycles. The molecule has 0 bridgehead atoms. The third-order valence-corrected chi connectivity index (χ3v) is 4.79. The van der Waals surface area contributed by atoms with E-state index in [9.17, 15) is 13.2 Å². The van der Waals surface area contributed by atoms with E-state index in [2.05, 4.69) is 34.6 Å². The van der Waals surface area contributed by atoms with Gasteiger partial charge in [0.25, 0.3) is 0 Å². The second-order valence-electron chi connectivity index (χ2n) is 8.48. The average Bonchev–Trinajstić information content (AvgIpc) is 2.90. The van der Waals surface area contributed by atoms with Gasteiger partial charge in [-0.2, -0.15) is 0 Å². The quantitative estimate of drug-likeness (QED) is 0.725. The maximum atomic E-state index is 12.6. The van der Waals surface area contributed by atoms with Gasteiger partial charge in [-0.05, 0) is 29.6 Å². The fourth-order valence-electron chi connectivity index (χ4n) is 2.81. The van der Waals surface area contributed by atoms with Crippen molar-refractivity contribution >= 4 is 15.7 Å². The molecule has 1 fully saturated rings. The number of sulfone groups is 1. The van der Waals surface area contributed by atoms with E-state index >= 15 is 0 Å². The predicted molar refractivity (Wildman–Crippen MR) is 86.9 cm³/mol. The molecule has 0 unspecified atom stereocenters. The molecule has 0 aromatic rings. The van der Waals surface area contributed by atoms with E-state index in [4.69, 9.17) is 0 Å². The molecule has 21 heavy (non-hydrogen) atoms. The van der Waals surface area contributed by atoms with Crippen molar-refractivity contribution in [2.45, 2.75) is 53.9 Å². The lowest BCUT2D eigenvalue weighted by Crippen LogP contribution is -2.41. The molecule has 0 aromatic carbocycles. The van der Waals surface area contributed by atoms with Gasteiger partial charge in [0, 0.05) is 25.8 Å². The van der Waals surface area contributed by atoms with E-state index in [0.29, 0.717) is 12.3 Å². The second-order valence-corrected chi connectivity index (χ2v) is 10.6. The van der Waals surface area contributed by atoms with Crippen molar-refractivity contribution in [1.29, 1.82) is 0 Å². The van der Waals surface area contributed by atoms with Crippen LogP contribution in [0.5, 0.6) is 0 Å². The molecule has 0 radical (unpaired) electrons. The van der Waals surface area contributed by atoms with Crippen LogP contribution in [0.4, 0.5) is 0 Å². The van der Waals surface area contributed by atoms with Gasteiger partial charge in [0.05, 0.1) is 5.75 Å². The normalized spacial score (nSPS) is 17.9. The Kier molecular flexibility index (Phi) is 5.51. The molecule has 1 saturated carbocycles. The van der Waals surface area contributed by atoms with E-state index in [1.165, 1.54) is 6.26 Å². The summed E-state index contributed by atoms with van der Waals surface area (Å²) in [6.07, 6.45) is 3.36. The first kappa shape index (κ1) is 18.5. The van der Waals surface area contributed by atoms with Crippen molar-refractivity contribution in [3.63, 3.8) is 0 Å². The first-order valence-corrected chi connectivity index (χ1v) is 9.84. The van der Waals surface area contributed by atoms with E-state index in [1.54, 1.807) is 0 Å². The molecule has 1 rings (SSSR count). The van der Waals surface area contributed by atoms with Crippen LogP contribution in [0, 0.1) is 16.7 Å². The van der Waals surface area contributed by atoms with E-state index in [0.717, 1.165) is 25.9 Å². The van der Waals surface area contributed by atoms with Crippen LogP contribution in [0.3, 0.4) is 0 Å². The summed E-state index contributed by atoms with van der Waals surface area (Å²) >= 11 is 0. The van der Waals surface area contributed by atoms with Crippen molar-refractivity contribution in [3.05, 3.63) is 0 Å². The fourth-order valence-corrected chi connectivity index (χ4v) is 4.31. The highest BCUT2D eigenvalue weighted by Gasteiger charge is 2.47. The largest absolute Gasteiger partial charge is 0.342 e. The molecule has 1 aliphatic carbocycles. The number of hydrogen-bond acceptors (Lipinski definition) is 3. The molecular weight excluding hydrogens is 286 g/mol. The smallest absolute Gasteiger partial charge is 0.223 e. The highest BCUT2D eigenvalue weighted by molar-refractivity contribution is 7.90. The Morgan fingerprint density at radius 2 is 1.76 bits per heavy atom. The fraction of sp³-hybridized carbons (Fsp3) is 0.938. The Labute approximate surface area is 130 Å². The molecule has 4 nitrogen and oxygen atoms in total. The molecule has 0 atom stereocenters. The van der Waals surface area contributed by atoms with Crippen LogP contribution in [0.25, 0.3) is 0 Å². The zero-order chi connectivity index (χ0) is 16.5. The SMILES string of the molecule is CC(C)CN(CC(C)(C)C)C(=O)CC1(CS(C)(=O)=O)CC1. The van der Waals surface area contributed by atoms with Gasteiger partial charge in [-0.1, -0.05) is 34.6 Å². The van der Waals surface area contributed by atoms with Crippen LogP contribution < -0.4 is 0 Å². The second kappa shape index (κ2) is 6.27. The maximum Gasteiger partial charge on any atom is 0.223 e. The summed E-state index contributed by atoms with van der Waals surface area (Å²) in [6.45, 7) is 12.0. The maximum absolute atomic E-state index is 12.6. The lowest BCUT2D eigenvalue weighted by Gasteiger charge is -2.32. The zero-order valence-electron chi connectivity index (χ0n) is 14.4. The van der Waals surface area contributed by atoms with E-state index in [-0.39, 0.29) is 22.5 Å². The van der Waals surface area contributed by atoms with Crippen molar-refractivity contribution in [2.75, 3.05) is 25.1 Å². The van der Waals surface area contributed by atoms with Crippen LogP contribution in [0.2, 0.25) is 0 Å². The monoisotopic (exact) mass is 317 g/mol. The van der Waals surface area contributed by atoms with Crippen LogP contribution in [0.1, 0.15) is 53.9 Å². The molecule has 0 aliphatic heterocycles. The highest BCUT2D eigenvalue weighted by atomic mass is 32.2. The standard InChI is InChI=1S/C16H31NO3S/c1-13(2)10-17(11-15(3,4)5)14(18)9-16(7-8-16)12-21(6,19)20/h13H,7-12H2,1-6H3. The van der Waals surface area contributed by atoms with Gasteiger partial charge in [-0.15, -0.1) is 0 Å². The Morgan fingerprint density at radius 1 is 1.24 bits per heavy atom. The molecule has 1 aliphatic rings. The Bertz CT molecular complexity index is 470. The molecular formula is C16H31NO3S. The average molecular weight is 317 g/mol. The molecule has 1 amide bonds. The van der Waals surface area contributed by atoms with Gasteiger partial charge in [0.2, 0.25) is 5.91 Å². The number of hydrogen-bond donors (Lipinski definition) is 0. The van der Waals surface area contributed by atoms with Crippen molar-refractivity contribution in [1.82, 2.24) is 4.90 Å². The summed E-state index contributed by atoms with van der Waals surface area (Å²) in [7, 11) is -3.02. The van der Waals surface area contributed by atoms with Gasteiger partial charge < -0.3 is 4.90 Å². The summed E-state index contributed by atoms with van der Waals surface area (Å²) in [5, 5.41) is 0. The topological polar surface area (TPSA) is 54.5 Å². The lowest BCUT2D eigenvalue weighted by atomic mass is 9.94. The molecule has 5 heteroatoms. The minimum absolute atomic E-state index is 0.0537. The summed E-state index contributed by atoms with van der Waals surface area (Å²) in [6, 6.07) is 0. The third-order valence-electron chi connectivity index (χ3n) is 3.66. The minimum atomic E-state index is -3.02. The third kappa shape index (κ3) is 7.30. The lowest BCUT2D eigenvalue weighted by molar-refractivity contribution is -0.134. The van der Waals surface area contributed by atoms with Crippen LogP contribution >= 0.6 is 0 Å². The first-order chi connectivity index (χ1) is 9.32. The minimum Gasteiger partial charge on any atom is -0.342 e. The summed E-state index contributed by atoms with van der Waals surface area (Å²) in [5.41, 5.74) is -0.226. The van der Waals surface area contributed by atoms with Gasteiger partial charge in [-0.3, -0.25) is 4.79 Å². The Morgan fingerprint density at radius 3 is 2.10 bits per heavy atom. The van der Waals surface area contributed by atoms with Crippen LogP contribution in [0.15, 0.2) is 0 Å². The van der Waals surface area contributed by atoms with Crippen LogP contribution in [-0.4, -0.2) is 44.3 Å². The molecule has 0 saturated heterocycles. The van der Waals surface area contributed by atoms with E-state index < -0.39 is 9.84 Å². The van der Waals surface area contributed by atoms with Crippen LogP contribution in [-0.2, 0) is 14.6 Å². The summed E-state index contributed by atoms with van der Waals surface area (Å²) < 4.78 is 23.0. The molecule has 0 spiro atoms. The number of rotatable bonds is 7. The zero-order valence-corrected chi connectivity index (χ0v) is 15.2. The predicted octanol–water partition coefficient (Wildman–Crippen LogP) is 2.73. The highest BCUT2D eigenvalue weighted by Crippen LogP contribution is 2.50. The van der Waals surface area contributed by atoms with Gasteiger partial charge >= 0.3 is 0 Å². The summed E-state index contributed by atoms with van der Waals surface area (Å²) in [5.74, 6) is 0.678. The molecule has 0 N–H and O–H groups in total. The summed E-state index contributed by atoms with van der Waals surface area (Å²) in [4.78, 5) is 14.6. The molecule has 124 valence electrons. The van der Waals surface area contributed by atoms with Crippen molar-refractivity contribution < 1.29 is 13.2 Å². The van der Waals surface area contributed by atoms with Gasteiger partial charge in [-0.25, -0.2) is 8.42 Å². The number of nitrogens with zero attached hydrogens (tertiary/aromatic N) is 1. The van der Waals surface area contributed by atoms with Gasteiger partial charge in [0.15, 0.2) is 0 Å². The number of amides is 1. The number of carbonyl (C=O) groups is 1. The Hall–Kier alpha value is -0.580. The van der Waals surface area contributed by atoms with Gasteiger partial charge in [0.1, 0.15) is 9.84 Å². The first-order valence-electron chi connectivity index (χ1n) is 7.77. The van der Waals surface area contributed by atoms with Crippen molar-refractivity contribution in [3.8, 4) is 0 Å². The van der Waals surface area contributed by atoms with Crippen molar-refractivity contribution in [2.24, 2.45) is 16.7 Å². The Balaban J connectivity index is 2.73. The van der Waals surface area contributed by atoms with E-state index in [1.807, 2.05) is 4.90 Å². The molecule has 0 heterocycles. The number of carbonyl (C=O) groups excluding carboxylic acids is 1.